The average Bonchev–Trinajstić information content (AvgIpc) is 4.05. The first-order chi connectivity index (χ1) is 28.3. The predicted octanol–water partition coefficient (Wildman–Crippen LogP) is 6.66. The number of imidazole rings is 2. The molecule has 1 atom stereocenters. The number of nitrogens with zero attached hydrogens (tertiary/aromatic N) is 6. The van der Waals surface area contributed by atoms with Crippen molar-refractivity contribution in [3.63, 3.8) is 0 Å². The molecule has 2 saturated heterocycles. The van der Waals surface area contributed by atoms with Crippen molar-refractivity contribution in [3.8, 4) is 11.4 Å². The molecule has 306 valence electrons. The number of sulfone groups is 1. The Balaban J connectivity index is 0.000000179. The molecule has 0 radical (unpaired) electrons. The first kappa shape index (κ1) is 42.3. The summed E-state index contributed by atoms with van der Waals surface area (Å²) in [7, 11) is -4.33. The van der Waals surface area contributed by atoms with Crippen LogP contribution in [-0.4, -0.2) is 91.2 Å². The molecule has 2 aliphatic rings. The lowest BCUT2D eigenvalue weighted by Crippen LogP contribution is -2.45. The fourth-order valence-corrected chi connectivity index (χ4v) is 10.5. The Bertz CT molecular complexity index is 2640. The molecule has 8 rings (SSSR count). The van der Waals surface area contributed by atoms with Gasteiger partial charge in [0.1, 0.15) is 11.5 Å². The van der Waals surface area contributed by atoms with Gasteiger partial charge >= 0.3 is 0 Å². The highest BCUT2D eigenvalue weighted by atomic mass is 35.5. The fraction of sp³-hybridized carbons (Fsp3) is 0.250. The van der Waals surface area contributed by atoms with E-state index in [1.807, 2.05) is 57.9 Å². The van der Waals surface area contributed by atoms with Gasteiger partial charge in [0.05, 0.1) is 48.2 Å². The molecule has 0 bridgehead atoms. The minimum Gasteiger partial charge on any atom is -0.311 e. The van der Waals surface area contributed by atoms with Gasteiger partial charge in [-0.1, -0.05) is 23.2 Å². The van der Waals surface area contributed by atoms with E-state index in [4.69, 9.17) is 23.2 Å². The van der Waals surface area contributed by atoms with Crippen molar-refractivity contribution in [2.45, 2.75) is 25.7 Å². The van der Waals surface area contributed by atoms with E-state index < -0.39 is 32.3 Å². The van der Waals surface area contributed by atoms with Crippen LogP contribution in [0.2, 0.25) is 8.67 Å². The van der Waals surface area contributed by atoms with Crippen LogP contribution < -0.4 is 9.80 Å². The summed E-state index contributed by atoms with van der Waals surface area (Å²) in [6, 6.07) is 21.8. The second-order valence-corrected chi connectivity index (χ2v) is 20.8. The minimum absolute atomic E-state index is 0.0260. The summed E-state index contributed by atoms with van der Waals surface area (Å²) >= 11 is 14.3. The van der Waals surface area contributed by atoms with Crippen LogP contribution in [0.4, 0.5) is 11.4 Å². The zero-order valence-corrected chi connectivity index (χ0v) is 36.0. The molecule has 59 heavy (non-hydrogen) atoms. The molecule has 0 aliphatic carbocycles. The zero-order valence-electron chi connectivity index (χ0n) is 31.2. The Hall–Kier alpha value is -4.78. The van der Waals surface area contributed by atoms with Crippen LogP contribution in [0, 0.1) is 0 Å². The maximum atomic E-state index is 12.2. The number of aromatic nitrogens is 4. The molecule has 2 fully saturated rings. The number of carbonyl (C=O) groups is 4. The molecule has 19 heteroatoms. The summed E-state index contributed by atoms with van der Waals surface area (Å²) in [6.45, 7) is 0.642. The number of hydrogen-bond acceptors (Lipinski definition) is 11. The molecule has 1 unspecified atom stereocenters. The first-order valence-electron chi connectivity index (χ1n) is 18.3. The van der Waals surface area contributed by atoms with Crippen molar-refractivity contribution >= 4 is 101 Å². The molecule has 6 aromatic rings. The lowest BCUT2D eigenvalue weighted by atomic mass is 10.1. The third kappa shape index (κ3) is 10.9. The van der Waals surface area contributed by atoms with E-state index in [1.165, 1.54) is 27.6 Å². The third-order valence-electron chi connectivity index (χ3n) is 9.50. The highest BCUT2D eigenvalue weighted by Gasteiger charge is 2.29. The van der Waals surface area contributed by atoms with Gasteiger partial charge in [-0.05, 0) is 85.6 Å². The van der Waals surface area contributed by atoms with Crippen molar-refractivity contribution in [2.24, 2.45) is 0 Å². The SMILES string of the molecule is O=C(CCc1cn(-c2ccc(N3CCS(=O)(=O)CC3=O)cc2)cn1)c1ccc(Cl)s1.O=C(CCc1cn(-c2ccc(N3CCS(=O)CC3=O)cc2)cn1)c1ccc(Cl)s1. The Morgan fingerprint density at radius 2 is 1.12 bits per heavy atom. The molecule has 0 saturated carbocycles. The van der Waals surface area contributed by atoms with Crippen LogP contribution in [0.25, 0.3) is 11.4 Å². The Labute approximate surface area is 360 Å². The molecule has 0 N–H and O–H groups in total. The number of Topliss-reactive ketones (excluding diaryl/α,β-unsaturated/α-hetero) is 2. The van der Waals surface area contributed by atoms with Crippen molar-refractivity contribution in [1.82, 2.24) is 19.1 Å². The molecule has 2 amide bonds. The maximum absolute atomic E-state index is 12.2. The number of anilines is 2. The standard InChI is InChI=1S/C20H18ClN3O4S2.C20H18ClN3O3S2/c21-19-8-7-18(29-19)17(25)6-1-14-11-23(13-22-14)15-2-4-16(5-3-15)24-9-10-30(27,28)12-20(24)26;21-19-8-7-18(28-19)17(25)6-1-14-11-23(13-22-14)15-2-4-16(5-3-15)24-9-10-29(27)12-20(24)26/h2-5,7-8,11,13H,1,6,9-10,12H2;2-5,7-8,11,13H,1,6,9-10,12H2. The van der Waals surface area contributed by atoms with E-state index in [1.54, 1.807) is 54.0 Å². The van der Waals surface area contributed by atoms with E-state index in [2.05, 4.69) is 9.97 Å². The monoisotopic (exact) mass is 910 g/mol. The Kier molecular flexibility index (Phi) is 13.4. The van der Waals surface area contributed by atoms with Gasteiger partial charge in [0, 0.05) is 77.6 Å². The molecule has 0 spiro atoms. The lowest BCUT2D eigenvalue weighted by Gasteiger charge is -2.26. The smallest absolute Gasteiger partial charge is 0.242 e. The largest absolute Gasteiger partial charge is 0.311 e. The topological polar surface area (TPSA) is 162 Å². The van der Waals surface area contributed by atoms with Gasteiger partial charge < -0.3 is 18.9 Å². The average molecular weight is 912 g/mol. The molecule has 13 nitrogen and oxygen atoms in total. The summed E-state index contributed by atoms with van der Waals surface area (Å²) in [5.41, 5.74) is 4.86. The number of aryl methyl sites for hydroxylation is 2. The molecule has 6 heterocycles. The first-order valence-corrected chi connectivity index (χ1v) is 24.0. The van der Waals surface area contributed by atoms with E-state index >= 15 is 0 Å². The van der Waals surface area contributed by atoms with E-state index in [0.717, 1.165) is 28.5 Å². The van der Waals surface area contributed by atoms with Crippen LogP contribution in [-0.2, 0) is 43.1 Å². The van der Waals surface area contributed by atoms with Crippen LogP contribution in [0.5, 0.6) is 0 Å². The highest BCUT2D eigenvalue weighted by molar-refractivity contribution is 7.92. The Morgan fingerprint density at radius 1 is 0.661 bits per heavy atom. The van der Waals surface area contributed by atoms with Crippen molar-refractivity contribution in [2.75, 3.05) is 45.9 Å². The molecule has 2 aromatic carbocycles. The second kappa shape index (κ2) is 18.6. The van der Waals surface area contributed by atoms with Crippen LogP contribution in [0.1, 0.15) is 43.6 Å². The number of carbonyl (C=O) groups excluding carboxylic acids is 4. The number of rotatable bonds is 12. The molecule has 4 aromatic heterocycles. The lowest BCUT2D eigenvalue weighted by molar-refractivity contribution is -0.117. The van der Waals surface area contributed by atoms with E-state index in [9.17, 15) is 31.8 Å². The molecule has 2 aliphatic heterocycles. The van der Waals surface area contributed by atoms with Gasteiger partial charge in [-0.3, -0.25) is 23.4 Å². The van der Waals surface area contributed by atoms with Crippen molar-refractivity contribution in [3.05, 3.63) is 128 Å². The highest BCUT2D eigenvalue weighted by Crippen LogP contribution is 2.26. The van der Waals surface area contributed by atoms with Gasteiger partial charge in [-0.2, -0.15) is 0 Å². The Morgan fingerprint density at radius 3 is 1.54 bits per heavy atom. The molecular formula is C40H36Cl2N6O7S4. The maximum Gasteiger partial charge on any atom is 0.242 e. The van der Waals surface area contributed by atoms with Gasteiger partial charge in [0.25, 0.3) is 0 Å². The van der Waals surface area contributed by atoms with Gasteiger partial charge in [-0.25, -0.2) is 18.4 Å². The molecular weight excluding hydrogens is 876 g/mol. The summed E-state index contributed by atoms with van der Waals surface area (Å²) in [6.07, 6.45) is 8.97. The second-order valence-electron chi connectivity index (χ2n) is 13.6. The van der Waals surface area contributed by atoms with Crippen molar-refractivity contribution in [1.29, 1.82) is 0 Å². The number of halogens is 2. The fourth-order valence-electron chi connectivity index (χ4n) is 6.38. The quantitative estimate of drug-likeness (QED) is 0.122. The number of ketones is 2. The van der Waals surface area contributed by atoms with E-state index in [-0.39, 0.29) is 35.5 Å². The van der Waals surface area contributed by atoms with Gasteiger partial charge in [-0.15, -0.1) is 22.7 Å². The van der Waals surface area contributed by atoms with Crippen LogP contribution in [0.3, 0.4) is 0 Å². The number of hydrogen-bond donors (Lipinski definition) is 0. The zero-order chi connectivity index (χ0) is 41.7. The summed E-state index contributed by atoms with van der Waals surface area (Å²) in [5, 5.41) is 0. The minimum atomic E-state index is -3.28. The van der Waals surface area contributed by atoms with E-state index in [0.29, 0.717) is 62.1 Å². The summed E-state index contributed by atoms with van der Waals surface area (Å²) in [5.74, 6) is -0.290. The van der Waals surface area contributed by atoms with Crippen LogP contribution in [0.15, 0.2) is 97.8 Å². The van der Waals surface area contributed by atoms with Gasteiger partial charge in [0.15, 0.2) is 21.4 Å². The predicted molar refractivity (Wildman–Crippen MR) is 232 cm³/mol. The van der Waals surface area contributed by atoms with Crippen LogP contribution >= 0.6 is 45.9 Å². The number of benzene rings is 2. The summed E-state index contributed by atoms with van der Waals surface area (Å²) in [4.78, 5) is 61.8. The summed E-state index contributed by atoms with van der Waals surface area (Å²) < 4.78 is 39.6. The number of thiophene rings is 2. The van der Waals surface area contributed by atoms with Crippen molar-refractivity contribution < 1.29 is 31.8 Å². The number of amides is 2. The van der Waals surface area contributed by atoms with Gasteiger partial charge in [0.2, 0.25) is 11.8 Å². The normalized spacial score (nSPS) is 16.5. The third-order valence-corrected chi connectivity index (χ3v) is 14.7.